The van der Waals surface area contributed by atoms with Gasteiger partial charge in [-0.05, 0) is 39.1 Å². The predicted octanol–water partition coefficient (Wildman–Crippen LogP) is 2.70. The second kappa shape index (κ2) is 6.48. The van der Waals surface area contributed by atoms with E-state index in [1.54, 1.807) is 0 Å². The van der Waals surface area contributed by atoms with E-state index < -0.39 is 0 Å². The molecular formula is C16H22N4. The second-order valence-electron chi connectivity index (χ2n) is 5.05. The van der Waals surface area contributed by atoms with Crippen LogP contribution in [0, 0.1) is 6.92 Å². The highest BCUT2D eigenvalue weighted by atomic mass is 15.2. The number of nitrogens with one attached hydrogen (secondary N) is 1. The molecule has 0 aliphatic carbocycles. The van der Waals surface area contributed by atoms with Gasteiger partial charge < -0.3 is 10.2 Å². The molecule has 1 unspecified atom stereocenters. The highest BCUT2D eigenvalue weighted by molar-refractivity contribution is 5.47. The molecule has 2 rings (SSSR count). The van der Waals surface area contributed by atoms with Crippen LogP contribution in [0.25, 0.3) is 0 Å². The van der Waals surface area contributed by atoms with Gasteiger partial charge in [0.05, 0.1) is 12.2 Å². The van der Waals surface area contributed by atoms with Crippen molar-refractivity contribution in [2.75, 3.05) is 19.0 Å². The van der Waals surface area contributed by atoms with E-state index in [1.807, 2.05) is 44.4 Å². The molecule has 0 aromatic carbocycles. The van der Waals surface area contributed by atoms with Crippen molar-refractivity contribution in [3.63, 3.8) is 0 Å². The maximum absolute atomic E-state index is 4.55. The summed E-state index contributed by atoms with van der Waals surface area (Å²) in [5, 5.41) is 3.27. The minimum absolute atomic E-state index is 0.270. The summed E-state index contributed by atoms with van der Waals surface area (Å²) in [4.78, 5) is 11.2. The van der Waals surface area contributed by atoms with Gasteiger partial charge in [0.15, 0.2) is 0 Å². The highest BCUT2D eigenvalue weighted by Crippen LogP contribution is 2.23. The summed E-state index contributed by atoms with van der Waals surface area (Å²) >= 11 is 0. The van der Waals surface area contributed by atoms with Crippen LogP contribution >= 0.6 is 0 Å². The summed E-state index contributed by atoms with van der Waals surface area (Å²) in [6.07, 6.45) is 1.83. The largest absolute Gasteiger partial charge is 0.354 e. The number of aryl methyl sites for hydroxylation is 1. The molecule has 106 valence electrons. The summed E-state index contributed by atoms with van der Waals surface area (Å²) < 4.78 is 0. The lowest BCUT2D eigenvalue weighted by Gasteiger charge is -2.23. The Hall–Kier alpha value is -1.94. The van der Waals surface area contributed by atoms with Crippen molar-refractivity contribution in [1.29, 1.82) is 0 Å². The number of pyridine rings is 2. The average molecular weight is 270 g/mol. The van der Waals surface area contributed by atoms with E-state index in [4.69, 9.17) is 0 Å². The molecule has 2 heterocycles. The van der Waals surface area contributed by atoms with Crippen LogP contribution < -0.4 is 10.2 Å². The van der Waals surface area contributed by atoms with Crippen molar-refractivity contribution >= 4 is 5.82 Å². The maximum atomic E-state index is 4.55. The number of anilines is 1. The molecule has 0 saturated carbocycles. The molecule has 0 aliphatic heterocycles. The van der Waals surface area contributed by atoms with E-state index >= 15 is 0 Å². The van der Waals surface area contributed by atoms with E-state index in [0.717, 1.165) is 23.8 Å². The van der Waals surface area contributed by atoms with Gasteiger partial charge >= 0.3 is 0 Å². The van der Waals surface area contributed by atoms with E-state index in [9.17, 15) is 0 Å². The Morgan fingerprint density at radius 1 is 1.25 bits per heavy atom. The molecule has 2 aromatic heterocycles. The van der Waals surface area contributed by atoms with Crippen LogP contribution in [0.1, 0.15) is 29.9 Å². The van der Waals surface area contributed by atoms with Crippen molar-refractivity contribution in [2.45, 2.75) is 26.4 Å². The zero-order valence-electron chi connectivity index (χ0n) is 12.6. The van der Waals surface area contributed by atoms with Gasteiger partial charge in [-0.3, -0.25) is 4.98 Å². The first kappa shape index (κ1) is 14.5. The minimum Gasteiger partial charge on any atom is -0.354 e. The Balaban J connectivity index is 2.23. The SMILES string of the molecule is CNC(C)c1cccnc1N(C)Cc1cccc(C)n1. The maximum Gasteiger partial charge on any atom is 0.133 e. The fourth-order valence-corrected chi connectivity index (χ4v) is 2.23. The number of rotatable bonds is 5. The van der Waals surface area contributed by atoms with Crippen molar-refractivity contribution in [3.05, 3.63) is 53.5 Å². The number of hydrogen-bond donors (Lipinski definition) is 1. The molecule has 1 atom stereocenters. The minimum atomic E-state index is 0.270. The highest BCUT2D eigenvalue weighted by Gasteiger charge is 2.13. The van der Waals surface area contributed by atoms with Crippen molar-refractivity contribution in [3.8, 4) is 0 Å². The monoisotopic (exact) mass is 270 g/mol. The predicted molar refractivity (Wildman–Crippen MR) is 82.8 cm³/mol. The first-order valence-electron chi connectivity index (χ1n) is 6.87. The Labute approximate surface area is 120 Å². The standard InChI is InChI=1S/C16H22N4/c1-12-7-5-8-14(19-12)11-20(4)16-15(13(2)17-3)9-6-10-18-16/h5-10,13,17H,11H2,1-4H3. The Morgan fingerprint density at radius 3 is 2.75 bits per heavy atom. The van der Waals surface area contributed by atoms with E-state index in [2.05, 4.69) is 40.2 Å². The molecule has 0 saturated heterocycles. The molecule has 0 amide bonds. The molecule has 1 N–H and O–H groups in total. The number of nitrogens with zero attached hydrogens (tertiary/aromatic N) is 3. The van der Waals surface area contributed by atoms with Crippen molar-refractivity contribution in [1.82, 2.24) is 15.3 Å². The zero-order chi connectivity index (χ0) is 14.5. The lowest BCUT2D eigenvalue weighted by Crippen LogP contribution is -2.23. The fourth-order valence-electron chi connectivity index (χ4n) is 2.23. The fraction of sp³-hybridized carbons (Fsp3) is 0.375. The van der Waals surface area contributed by atoms with Crippen LogP contribution in [0.5, 0.6) is 0 Å². The van der Waals surface area contributed by atoms with Crippen molar-refractivity contribution < 1.29 is 0 Å². The van der Waals surface area contributed by atoms with Gasteiger partial charge in [-0.1, -0.05) is 12.1 Å². The molecule has 0 aliphatic rings. The topological polar surface area (TPSA) is 41.1 Å². The van der Waals surface area contributed by atoms with E-state index in [1.165, 1.54) is 5.56 Å². The summed E-state index contributed by atoms with van der Waals surface area (Å²) in [7, 11) is 4.02. The van der Waals surface area contributed by atoms with Crippen LogP contribution in [-0.4, -0.2) is 24.1 Å². The molecule has 0 spiro atoms. The third-order valence-corrected chi connectivity index (χ3v) is 3.42. The van der Waals surface area contributed by atoms with E-state index in [0.29, 0.717) is 0 Å². The van der Waals surface area contributed by atoms with Crippen LogP contribution in [0.2, 0.25) is 0 Å². The lowest BCUT2D eigenvalue weighted by molar-refractivity contribution is 0.645. The third-order valence-electron chi connectivity index (χ3n) is 3.42. The lowest BCUT2D eigenvalue weighted by atomic mass is 10.1. The van der Waals surface area contributed by atoms with Gasteiger partial charge in [-0.25, -0.2) is 4.98 Å². The van der Waals surface area contributed by atoms with Gasteiger partial charge in [-0.2, -0.15) is 0 Å². The van der Waals surface area contributed by atoms with Crippen LogP contribution in [0.4, 0.5) is 5.82 Å². The molecule has 4 heteroatoms. The Morgan fingerprint density at radius 2 is 2.05 bits per heavy atom. The number of hydrogen-bond acceptors (Lipinski definition) is 4. The van der Waals surface area contributed by atoms with Crippen LogP contribution in [0.15, 0.2) is 36.5 Å². The van der Waals surface area contributed by atoms with Gasteiger partial charge in [0, 0.05) is 30.5 Å². The summed E-state index contributed by atoms with van der Waals surface area (Å²) in [5.41, 5.74) is 3.30. The van der Waals surface area contributed by atoms with E-state index in [-0.39, 0.29) is 6.04 Å². The molecule has 0 fully saturated rings. The normalized spacial score (nSPS) is 12.2. The molecule has 0 bridgehead atoms. The Bertz CT molecular complexity index is 568. The first-order chi connectivity index (χ1) is 9.61. The average Bonchev–Trinajstić information content (AvgIpc) is 2.46. The number of aromatic nitrogens is 2. The first-order valence-corrected chi connectivity index (χ1v) is 6.87. The smallest absolute Gasteiger partial charge is 0.133 e. The van der Waals surface area contributed by atoms with Crippen LogP contribution in [0.3, 0.4) is 0 Å². The Kier molecular flexibility index (Phi) is 4.69. The summed E-state index contributed by atoms with van der Waals surface area (Å²) in [5.74, 6) is 0.998. The summed E-state index contributed by atoms with van der Waals surface area (Å²) in [6, 6.07) is 10.5. The molecule has 4 nitrogen and oxygen atoms in total. The van der Waals surface area contributed by atoms with Gasteiger partial charge in [-0.15, -0.1) is 0 Å². The molecule has 20 heavy (non-hydrogen) atoms. The molecular weight excluding hydrogens is 248 g/mol. The van der Waals surface area contributed by atoms with Gasteiger partial charge in [0.25, 0.3) is 0 Å². The van der Waals surface area contributed by atoms with Gasteiger partial charge in [0.2, 0.25) is 0 Å². The zero-order valence-corrected chi connectivity index (χ0v) is 12.6. The van der Waals surface area contributed by atoms with Crippen molar-refractivity contribution in [2.24, 2.45) is 0 Å². The molecule has 2 aromatic rings. The third kappa shape index (κ3) is 3.33. The quantitative estimate of drug-likeness (QED) is 0.907. The van der Waals surface area contributed by atoms with Gasteiger partial charge in [0.1, 0.15) is 5.82 Å². The summed E-state index contributed by atoms with van der Waals surface area (Å²) in [6.45, 7) is 4.90. The second-order valence-corrected chi connectivity index (χ2v) is 5.05. The molecule has 0 radical (unpaired) electrons. The van der Waals surface area contributed by atoms with Crippen LogP contribution in [-0.2, 0) is 6.54 Å².